The molecule has 2 nitrogen and oxygen atoms in total. The molecule has 0 saturated heterocycles. The number of thiophene rings is 1. The van der Waals surface area contributed by atoms with E-state index in [-0.39, 0.29) is 5.56 Å². The van der Waals surface area contributed by atoms with Crippen molar-refractivity contribution in [2.75, 3.05) is 0 Å². The van der Waals surface area contributed by atoms with Crippen LogP contribution in [-0.2, 0) is 0 Å². The van der Waals surface area contributed by atoms with E-state index in [1.807, 2.05) is 0 Å². The molecule has 1 unspecified atom stereocenters. The molecule has 0 spiro atoms. The van der Waals surface area contributed by atoms with Gasteiger partial charge in [0, 0.05) is 16.5 Å². The van der Waals surface area contributed by atoms with Crippen molar-refractivity contribution in [1.29, 1.82) is 0 Å². The number of Topliss-reactive ketones (excluding diaryl/α,β-unsaturated/α-hetero) is 1. The normalized spacial score (nSPS) is 12.4. The number of hydrogen-bond acceptors (Lipinski definition) is 3. The topological polar surface area (TPSA) is 43.1 Å². The van der Waals surface area contributed by atoms with Gasteiger partial charge < -0.3 is 5.73 Å². The first-order valence-electron chi connectivity index (χ1n) is 4.87. The SMILES string of the molecule is NC(C(=O)c1cc(F)cc(F)c1)c1cccs1. The van der Waals surface area contributed by atoms with Crippen molar-refractivity contribution in [1.82, 2.24) is 0 Å². The molecular weight excluding hydrogens is 244 g/mol. The summed E-state index contributed by atoms with van der Waals surface area (Å²) in [6.07, 6.45) is 0. The van der Waals surface area contributed by atoms with Crippen LogP contribution in [0.4, 0.5) is 8.78 Å². The molecule has 2 N–H and O–H groups in total. The first-order chi connectivity index (χ1) is 8.08. The molecule has 1 atom stereocenters. The van der Waals surface area contributed by atoms with Crippen LogP contribution >= 0.6 is 11.3 Å². The minimum absolute atomic E-state index is 0.0524. The van der Waals surface area contributed by atoms with E-state index in [1.54, 1.807) is 17.5 Å². The van der Waals surface area contributed by atoms with Crippen molar-refractivity contribution in [3.8, 4) is 0 Å². The summed E-state index contributed by atoms with van der Waals surface area (Å²) >= 11 is 1.33. The van der Waals surface area contributed by atoms with Crippen molar-refractivity contribution in [3.63, 3.8) is 0 Å². The molecule has 0 aliphatic carbocycles. The molecule has 2 rings (SSSR count). The number of hydrogen-bond donors (Lipinski definition) is 1. The average Bonchev–Trinajstić information content (AvgIpc) is 2.79. The Labute approximate surface area is 101 Å². The lowest BCUT2D eigenvalue weighted by Crippen LogP contribution is -2.20. The highest BCUT2D eigenvalue weighted by Crippen LogP contribution is 2.21. The summed E-state index contributed by atoms with van der Waals surface area (Å²) < 4.78 is 25.9. The van der Waals surface area contributed by atoms with Crippen LogP contribution in [-0.4, -0.2) is 5.78 Å². The highest BCUT2D eigenvalue weighted by molar-refractivity contribution is 7.10. The molecular formula is C12H9F2NOS. The lowest BCUT2D eigenvalue weighted by atomic mass is 10.0. The van der Waals surface area contributed by atoms with Crippen LogP contribution in [0.3, 0.4) is 0 Å². The van der Waals surface area contributed by atoms with Gasteiger partial charge in [0.2, 0.25) is 0 Å². The molecule has 0 aliphatic rings. The molecule has 0 saturated carbocycles. The highest BCUT2D eigenvalue weighted by atomic mass is 32.1. The number of benzene rings is 1. The van der Waals surface area contributed by atoms with Crippen molar-refractivity contribution < 1.29 is 13.6 Å². The molecule has 0 bridgehead atoms. The lowest BCUT2D eigenvalue weighted by Gasteiger charge is -2.08. The summed E-state index contributed by atoms with van der Waals surface area (Å²) in [5, 5.41) is 1.79. The molecule has 1 aromatic heterocycles. The summed E-state index contributed by atoms with van der Waals surface area (Å²) in [6, 6.07) is 5.28. The Morgan fingerprint density at radius 2 is 1.88 bits per heavy atom. The van der Waals surface area contributed by atoms with Crippen LogP contribution in [0, 0.1) is 11.6 Å². The van der Waals surface area contributed by atoms with E-state index in [1.165, 1.54) is 11.3 Å². The zero-order valence-corrected chi connectivity index (χ0v) is 9.51. The van der Waals surface area contributed by atoms with Crippen molar-refractivity contribution in [3.05, 3.63) is 57.8 Å². The van der Waals surface area contributed by atoms with Gasteiger partial charge in [0.1, 0.15) is 17.7 Å². The zero-order valence-electron chi connectivity index (χ0n) is 8.69. The Bertz CT molecular complexity index is 519. The van der Waals surface area contributed by atoms with Crippen molar-refractivity contribution in [2.24, 2.45) is 5.73 Å². The molecule has 1 aromatic carbocycles. The van der Waals surface area contributed by atoms with Gasteiger partial charge in [-0.15, -0.1) is 11.3 Å². The van der Waals surface area contributed by atoms with Gasteiger partial charge in [-0.2, -0.15) is 0 Å². The minimum Gasteiger partial charge on any atom is -0.317 e. The number of carbonyl (C=O) groups is 1. The van der Waals surface area contributed by atoms with Gasteiger partial charge in [-0.1, -0.05) is 6.07 Å². The quantitative estimate of drug-likeness (QED) is 0.855. The van der Waals surface area contributed by atoms with Gasteiger partial charge in [-0.25, -0.2) is 8.78 Å². The van der Waals surface area contributed by atoms with E-state index in [9.17, 15) is 13.6 Å². The van der Waals surface area contributed by atoms with Gasteiger partial charge in [0.05, 0.1) is 0 Å². The van der Waals surface area contributed by atoms with E-state index >= 15 is 0 Å². The fraction of sp³-hybridized carbons (Fsp3) is 0.0833. The number of carbonyl (C=O) groups excluding carboxylic acids is 1. The molecule has 0 aliphatic heterocycles. The maximum absolute atomic E-state index is 13.0. The summed E-state index contributed by atoms with van der Waals surface area (Å²) in [4.78, 5) is 12.6. The maximum Gasteiger partial charge on any atom is 0.185 e. The molecule has 2 aromatic rings. The fourth-order valence-corrected chi connectivity index (χ4v) is 2.20. The summed E-state index contributed by atoms with van der Waals surface area (Å²) in [7, 11) is 0. The third-order valence-electron chi connectivity index (χ3n) is 2.28. The van der Waals surface area contributed by atoms with Crippen molar-refractivity contribution in [2.45, 2.75) is 6.04 Å². The van der Waals surface area contributed by atoms with Gasteiger partial charge >= 0.3 is 0 Å². The van der Waals surface area contributed by atoms with E-state index in [0.29, 0.717) is 10.9 Å². The standard InChI is InChI=1S/C12H9F2NOS/c13-8-4-7(5-9(14)6-8)12(16)11(15)10-2-1-3-17-10/h1-6,11H,15H2. The lowest BCUT2D eigenvalue weighted by molar-refractivity contribution is 0.0961. The molecule has 0 amide bonds. The predicted molar refractivity (Wildman–Crippen MR) is 61.9 cm³/mol. The van der Waals surface area contributed by atoms with E-state index in [0.717, 1.165) is 12.1 Å². The van der Waals surface area contributed by atoms with Gasteiger partial charge in [-0.3, -0.25) is 4.79 Å². The van der Waals surface area contributed by atoms with Crippen LogP contribution in [0.2, 0.25) is 0 Å². The Morgan fingerprint density at radius 3 is 2.41 bits per heavy atom. The molecule has 1 heterocycles. The molecule has 17 heavy (non-hydrogen) atoms. The molecule has 5 heteroatoms. The van der Waals surface area contributed by atoms with E-state index in [4.69, 9.17) is 5.73 Å². The molecule has 88 valence electrons. The average molecular weight is 253 g/mol. The van der Waals surface area contributed by atoms with Gasteiger partial charge in [0.25, 0.3) is 0 Å². The fourth-order valence-electron chi connectivity index (χ4n) is 1.47. The Morgan fingerprint density at radius 1 is 1.24 bits per heavy atom. The van der Waals surface area contributed by atoms with Gasteiger partial charge in [-0.05, 0) is 23.6 Å². The Hall–Kier alpha value is -1.59. The third kappa shape index (κ3) is 2.57. The number of halogens is 2. The first-order valence-corrected chi connectivity index (χ1v) is 5.75. The Kier molecular flexibility index (Phi) is 3.31. The van der Waals surface area contributed by atoms with E-state index in [2.05, 4.69) is 0 Å². The molecule has 0 radical (unpaired) electrons. The van der Waals surface area contributed by atoms with Gasteiger partial charge in [0.15, 0.2) is 5.78 Å². The highest BCUT2D eigenvalue weighted by Gasteiger charge is 2.19. The largest absolute Gasteiger partial charge is 0.317 e. The van der Waals surface area contributed by atoms with Crippen LogP contribution in [0.1, 0.15) is 21.3 Å². The number of nitrogens with two attached hydrogens (primary N) is 1. The predicted octanol–water partition coefficient (Wildman–Crippen LogP) is 2.91. The Balaban J connectivity index is 2.31. The van der Waals surface area contributed by atoms with Crippen LogP contribution < -0.4 is 5.73 Å². The second-order valence-corrected chi connectivity index (χ2v) is 4.49. The zero-order chi connectivity index (χ0) is 12.4. The monoisotopic (exact) mass is 253 g/mol. The second-order valence-electron chi connectivity index (χ2n) is 3.52. The number of ketones is 1. The maximum atomic E-state index is 13.0. The summed E-state index contributed by atoms with van der Waals surface area (Å²) in [5.74, 6) is -2.07. The first kappa shape index (κ1) is 11.9. The van der Waals surface area contributed by atoms with Crippen LogP contribution in [0.25, 0.3) is 0 Å². The summed E-state index contributed by atoms with van der Waals surface area (Å²) in [5.41, 5.74) is 5.68. The van der Waals surface area contributed by atoms with E-state index < -0.39 is 23.5 Å². The van der Waals surface area contributed by atoms with Crippen LogP contribution in [0.15, 0.2) is 35.7 Å². The third-order valence-corrected chi connectivity index (χ3v) is 3.23. The molecule has 0 fully saturated rings. The van der Waals surface area contributed by atoms with Crippen LogP contribution in [0.5, 0.6) is 0 Å². The van der Waals surface area contributed by atoms with Crippen molar-refractivity contribution >= 4 is 17.1 Å². The number of rotatable bonds is 3. The minimum atomic E-state index is -0.879. The summed E-state index contributed by atoms with van der Waals surface area (Å²) in [6.45, 7) is 0. The second kappa shape index (κ2) is 4.73. The smallest absolute Gasteiger partial charge is 0.185 e.